The van der Waals surface area contributed by atoms with Crippen LogP contribution in [0.15, 0.2) is 12.3 Å². The minimum atomic E-state index is -4.47. The van der Waals surface area contributed by atoms with Crippen molar-refractivity contribution in [2.75, 3.05) is 37.6 Å². The molecule has 1 amide bonds. The molecule has 3 rings (SSSR count). The van der Waals surface area contributed by atoms with Crippen LogP contribution in [-0.2, 0) is 11.0 Å². The molecule has 1 atom stereocenters. The second-order valence-electron chi connectivity index (χ2n) is 8.06. The van der Waals surface area contributed by atoms with Gasteiger partial charge in [0.2, 0.25) is 5.91 Å². The molecule has 2 aliphatic heterocycles. The summed E-state index contributed by atoms with van der Waals surface area (Å²) in [6.07, 6.45) is 1.32. The van der Waals surface area contributed by atoms with E-state index >= 15 is 0 Å². The highest BCUT2D eigenvalue weighted by molar-refractivity contribution is 6.33. The van der Waals surface area contributed by atoms with Crippen LogP contribution < -0.4 is 10.2 Å². The van der Waals surface area contributed by atoms with Gasteiger partial charge in [-0.1, -0.05) is 18.0 Å². The Morgan fingerprint density at radius 3 is 2.48 bits per heavy atom. The molecule has 2 aliphatic rings. The number of rotatable bonds is 5. The van der Waals surface area contributed by atoms with E-state index in [0.29, 0.717) is 31.7 Å². The van der Waals surface area contributed by atoms with Crippen LogP contribution in [0.1, 0.15) is 44.6 Å². The molecule has 2 saturated heterocycles. The standard InChI is InChI=1S/C20H28ClF3N4O/c1-14(13-27-7-3-2-4-8-27)26-19(29)15-5-9-28(10-6-15)18-17(21)11-16(12-25-18)20(22,23)24/h11-12,14-15H,2-10,13H2,1H3,(H,26,29). The van der Waals surface area contributed by atoms with Crippen molar-refractivity contribution < 1.29 is 18.0 Å². The summed E-state index contributed by atoms with van der Waals surface area (Å²) in [5, 5.41) is 3.11. The summed E-state index contributed by atoms with van der Waals surface area (Å²) in [6, 6.07) is 1.01. The maximum atomic E-state index is 12.8. The third-order valence-electron chi connectivity index (χ3n) is 5.68. The lowest BCUT2D eigenvalue weighted by molar-refractivity contribution is -0.137. The molecule has 0 radical (unpaired) electrons. The van der Waals surface area contributed by atoms with Gasteiger partial charge in [-0.15, -0.1) is 0 Å². The van der Waals surface area contributed by atoms with Crippen LogP contribution in [0.4, 0.5) is 19.0 Å². The molecule has 5 nitrogen and oxygen atoms in total. The van der Waals surface area contributed by atoms with Crippen molar-refractivity contribution in [3.8, 4) is 0 Å². The highest BCUT2D eigenvalue weighted by atomic mass is 35.5. The smallest absolute Gasteiger partial charge is 0.355 e. The van der Waals surface area contributed by atoms with Crippen molar-refractivity contribution in [1.82, 2.24) is 15.2 Å². The first-order valence-corrected chi connectivity index (χ1v) is 10.6. The van der Waals surface area contributed by atoms with Gasteiger partial charge in [-0.3, -0.25) is 4.79 Å². The molecule has 0 bridgehead atoms. The third kappa shape index (κ3) is 5.98. The van der Waals surface area contributed by atoms with Gasteiger partial charge in [-0.2, -0.15) is 13.2 Å². The molecule has 0 aliphatic carbocycles. The monoisotopic (exact) mass is 432 g/mol. The van der Waals surface area contributed by atoms with Crippen LogP contribution in [-0.4, -0.2) is 54.6 Å². The number of aromatic nitrogens is 1. The molecule has 0 aromatic carbocycles. The Bertz CT molecular complexity index is 701. The molecule has 162 valence electrons. The van der Waals surface area contributed by atoms with Crippen LogP contribution in [0.2, 0.25) is 5.02 Å². The minimum Gasteiger partial charge on any atom is -0.355 e. The molecule has 0 spiro atoms. The molecule has 29 heavy (non-hydrogen) atoms. The van der Waals surface area contributed by atoms with E-state index in [1.54, 1.807) is 0 Å². The van der Waals surface area contributed by atoms with Gasteiger partial charge < -0.3 is 15.1 Å². The van der Waals surface area contributed by atoms with E-state index in [2.05, 4.69) is 15.2 Å². The molecule has 1 N–H and O–H groups in total. The topological polar surface area (TPSA) is 48.5 Å². The Morgan fingerprint density at radius 2 is 1.90 bits per heavy atom. The number of hydrogen-bond donors (Lipinski definition) is 1. The van der Waals surface area contributed by atoms with Crippen LogP contribution >= 0.6 is 11.6 Å². The fourth-order valence-corrected chi connectivity index (χ4v) is 4.39. The molecule has 1 unspecified atom stereocenters. The number of likely N-dealkylation sites (tertiary alicyclic amines) is 1. The van der Waals surface area contributed by atoms with Crippen molar-refractivity contribution >= 4 is 23.3 Å². The first-order chi connectivity index (χ1) is 13.7. The number of pyridine rings is 1. The first-order valence-electron chi connectivity index (χ1n) is 10.2. The number of halogens is 4. The Kier molecular flexibility index (Phi) is 7.27. The second kappa shape index (κ2) is 9.51. The van der Waals surface area contributed by atoms with Gasteiger partial charge in [0.25, 0.3) is 0 Å². The number of alkyl halides is 3. The molecular weight excluding hydrogens is 405 g/mol. The maximum Gasteiger partial charge on any atom is 0.417 e. The Morgan fingerprint density at radius 1 is 1.24 bits per heavy atom. The second-order valence-corrected chi connectivity index (χ2v) is 8.47. The van der Waals surface area contributed by atoms with Gasteiger partial charge in [0.05, 0.1) is 10.6 Å². The Hall–Kier alpha value is -1.54. The van der Waals surface area contributed by atoms with Crippen molar-refractivity contribution in [2.24, 2.45) is 5.92 Å². The molecular formula is C20H28ClF3N4O. The minimum absolute atomic E-state index is 0.0159. The predicted molar refractivity (Wildman–Crippen MR) is 107 cm³/mol. The van der Waals surface area contributed by atoms with E-state index in [9.17, 15) is 18.0 Å². The van der Waals surface area contributed by atoms with Gasteiger partial charge in [-0.25, -0.2) is 4.98 Å². The van der Waals surface area contributed by atoms with E-state index in [4.69, 9.17) is 11.6 Å². The van der Waals surface area contributed by atoms with E-state index < -0.39 is 11.7 Å². The Labute approximate surface area is 174 Å². The van der Waals surface area contributed by atoms with Gasteiger partial charge in [-0.05, 0) is 51.8 Å². The zero-order valence-electron chi connectivity index (χ0n) is 16.6. The number of hydrogen-bond acceptors (Lipinski definition) is 4. The third-order valence-corrected chi connectivity index (χ3v) is 5.96. The van der Waals surface area contributed by atoms with Crippen molar-refractivity contribution in [3.05, 3.63) is 22.8 Å². The zero-order chi connectivity index (χ0) is 21.0. The van der Waals surface area contributed by atoms with Crippen LogP contribution in [0, 0.1) is 5.92 Å². The molecule has 0 saturated carbocycles. The Balaban J connectivity index is 1.49. The number of nitrogens with zero attached hydrogens (tertiary/aromatic N) is 3. The number of carbonyl (C=O) groups is 1. The van der Waals surface area contributed by atoms with Gasteiger partial charge in [0.1, 0.15) is 5.82 Å². The van der Waals surface area contributed by atoms with E-state index in [1.807, 2.05) is 11.8 Å². The summed E-state index contributed by atoms with van der Waals surface area (Å²) in [7, 11) is 0. The average Bonchev–Trinajstić information content (AvgIpc) is 2.68. The van der Waals surface area contributed by atoms with Crippen molar-refractivity contribution in [2.45, 2.75) is 51.2 Å². The van der Waals surface area contributed by atoms with Gasteiger partial charge in [0, 0.05) is 37.8 Å². The summed E-state index contributed by atoms with van der Waals surface area (Å²) in [6.45, 7) is 6.18. The van der Waals surface area contributed by atoms with E-state index in [0.717, 1.165) is 31.9 Å². The number of carbonyl (C=O) groups excluding carboxylic acids is 1. The summed E-state index contributed by atoms with van der Waals surface area (Å²) in [4.78, 5) is 20.8. The fraction of sp³-hybridized carbons (Fsp3) is 0.700. The zero-order valence-corrected chi connectivity index (χ0v) is 17.4. The number of piperidine rings is 2. The molecule has 2 fully saturated rings. The maximum absolute atomic E-state index is 12.8. The van der Waals surface area contributed by atoms with E-state index in [-0.39, 0.29) is 22.9 Å². The van der Waals surface area contributed by atoms with Crippen LogP contribution in [0.5, 0.6) is 0 Å². The van der Waals surface area contributed by atoms with E-state index in [1.165, 1.54) is 19.3 Å². The van der Waals surface area contributed by atoms with Crippen molar-refractivity contribution in [3.63, 3.8) is 0 Å². The average molecular weight is 433 g/mol. The number of nitrogens with one attached hydrogen (secondary N) is 1. The predicted octanol–water partition coefficient (Wildman–Crippen LogP) is 3.96. The molecule has 3 heterocycles. The summed E-state index contributed by atoms with van der Waals surface area (Å²) < 4.78 is 38.3. The molecule has 1 aromatic heterocycles. The summed E-state index contributed by atoms with van der Waals surface area (Å²) >= 11 is 6.04. The number of amides is 1. The highest BCUT2D eigenvalue weighted by Crippen LogP contribution is 2.34. The van der Waals surface area contributed by atoms with Crippen molar-refractivity contribution in [1.29, 1.82) is 0 Å². The SMILES string of the molecule is CC(CN1CCCCC1)NC(=O)C1CCN(c2ncc(C(F)(F)F)cc2Cl)CC1. The van der Waals surface area contributed by atoms with Crippen LogP contribution in [0.3, 0.4) is 0 Å². The largest absolute Gasteiger partial charge is 0.417 e. The lowest BCUT2D eigenvalue weighted by atomic mass is 9.95. The lowest BCUT2D eigenvalue weighted by Crippen LogP contribution is -2.47. The molecule has 1 aromatic rings. The van der Waals surface area contributed by atoms with Crippen LogP contribution in [0.25, 0.3) is 0 Å². The van der Waals surface area contributed by atoms with Gasteiger partial charge >= 0.3 is 6.18 Å². The quantitative estimate of drug-likeness (QED) is 0.765. The normalized spacial score (nSPS) is 20.5. The summed E-state index contributed by atoms with van der Waals surface area (Å²) in [5.41, 5.74) is -0.858. The van der Waals surface area contributed by atoms with Gasteiger partial charge in [0.15, 0.2) is 0 Å². The lowest BCUT2D eigenvalue weighted by Gasteiger charge is -2.34. The first kappa shape index (κ1) is 22.2. The number of anilines is 1. The highest BCUT2D eigenvalue weighted by Gasteiger charge is 2.33. The summed E-state index contributed by atoms with van der Waals surface area (Å²) in [5.74, 6) is 0.306. The molecule has 9 heteroatoms. The fourth-order valence-electron chi connectivity index (χ4n) is 4.11.